The number of ether oxygens (including phenoxy) is 1. The van der Waals surface area contributed by atoms with Crippen LogP contribution in [0.4, 0.5) is 0 Å². The second-order valence-electron chi connectivity index (χ2n) is 3.08. The van der Waals surface area contributed by atoms with Gasteiger partial charge in [0.1, 0.15) is 6.04 Å². The summed E-state index contributed by atoms with van der Waals surface area (Å²) in [6.45, 7) is 1.10. The minimum absolute atomic E-state index is 0.101. The van der Waals surface area contributed by atoms with Gasteiger partial charge >= 0.3 is 5.97 Å². The van der Waals surface area contributed by atoms with Crippen molar-refractivity contribution < 1.29 is 19.4 Å². The largest absolute Gasteiger partial charge is 0.480 e. The van der Waals surface area contributed by atoms with Crippen LogP contribution in [0.15, 0.2) is 0 Å². The summed E-state index contributed by atoms with van der Waals surface area (Å²) in [5, 5.41) is 11.1. The van der Waals surface area contributed by atoms with Crippen molar-refractivity contribution in [3.63, 3.8) is 0 Å². The zero-order chi connectivity index (χ0) is 9.68. The number of nitrogens with one attached hydrogen (secondary N) is 1. The third kappa shape index (κ3) is 2.69. The molecule has 5 nitrogen and oxygen atoms in total. The van der Waals surface area contributed by atoms with Crippen LogP contribution in [0, 0.1) is 5.92 Å². The Kier molecular flexibility index (Phi) is 3.70. The number of carbonyl (C=O) groups is 2. The van der Waals surface area contributed by atoms with Gasteiger partial charge in [-0.3, -0.25) is 4.79 Å². The van der Waals surface area contributed by atoms with Gasteiger partial charge in [0.2, 0.25) is 6.41 Å². The van der Waals surface area contributed by atoms with Crippen LogP contribution in [0.5, 0.6) is 0 Å². The molecule has 2 atom stereocenters. The van der Waals surface area contributed by atoms with E-state index < -0.39 is 12.0 Å². The Hall–Kier alpha value is -1.10. The number of carbonyl (C=O) groups excluding carboxylic acids is 1. The zero-order valence-corrected chi connectivity index (χ0v) is 7.23. The molecule has 1 rings (SSSR count). The highest BCUT2D eigenvalue weighted by Crippen LogP contribution is 2.17. The summed E-state index contributed by atoms with van der Waals surface area (Å²) >= 11 is 0. The maximum absolute atomic E-state index is 10.7. The maximum atomic E-state index is 10.7. The molecular weight excluding hydrogens is 174 g/mol. The highest BCUT2D eigenvalue weighted by atomic mass is 16.5. The van der Waals surface area contributed by atoms with Gasteiger partial charge in [0.05, 0.1) is 6.61 Å². The van der Waals surface area contributed by atoms with E-state index in [2.05, 4.69) is 5.32 Å². The van der Waals surface area contributed by atoms with Crippen molar-refractivity contribution in [3.05, 3.63) is 0 Å². The summed E-state index contributed by atoms with van der Waals surface area (Å²) in [4.78, 5) is 20.9. The van der Waals surface area contributed by atoms with Gasteiger partial charge in [-0.05, 0) is 12.8 Å². The Bertz CT molecular complexity index is 189. The Morgan fingerprint density at radius 1 is 1.69 bits per heavy atom. The van der Waals surface area contributed by atoms with Crippen LogP contribution < -0.4 is 5.32 Å². The first-order valence-corrected chi connectivity index (χ1v) is 4.26. The Labute approximate surface area is 76.1 Å². The summed E-state index contributed by atoms with van der Waals surface area (Å²) in [6.07, 6.45) is 2.07. The summed E-state index contributed by atoms with van der Waals surface area (Å²) < 4.78 is 5.14. The first-order valence-electron chi connectivity index (χ1n) is 4.26. The van der Waals surface area contributed by atoms with E-state index in [9.17, 15) is 9.59 Å². The highest BCUT2D eigenvalue weighted by Gasteiger charge is 2.29. The van der Waals surface area contributed by atoms with Crippen LogP contribution in [0.2, 0.25) is 0 Å². The fraction of sp³-hybridized carbons (Fsp3) is 0.750. The molecule has 0 spiro atoms. The van der Waals surface area contributed by atoms with Crippen LogP contribution in [-0.4, -0.2) is 36.7 Å². The molecule has 1 aliphatic rings. The SMILES string of the molecule is O=CNC(C(=O)O)C1CCCOC1. The van der Waals surface area contributed by atoms with Crippen LogP contribution >= 0.6 is 0 Å². The number of aliphatic carboxylic acids is 1. The fourth-order valence-corrected chi connectivity index (χ4v) is 1.51. The van der Waals surface area contributed by atoms with Crippen molar-refractivity contribution in [1.29, 1.82) is 0 Å². The van der Waals surface area contributed by atoms with E-state index in [1.807, 2.05) is 0 Å². The second-order valence-corrected chi connectivity index (χ2v) is 3.08. The van der Waals surface area contributed by atoms with Gasteiger partial charge in [-0.25, -0.2) is 4.79 Å². The second kappa shape index (κ2) is 4.81. The maximum Gasteiger partial charge on any atom is 0.326 e. The quantitative estimate of drug-likeness (QED) is 0.588. The Morgan fingerprint density at radius 2 is 2.46 bits per heavy atom. The zero-order valence-electron chi connectivity index (χ0n) is 7.23. The average Bonchev–Trinajstić information content (AvgIpc) is 2.15. The smallest absolute Gasteiger partial charge is 0.326 e. The standard InChI is InChI=1S/C8H13NO4/c10-5-9-7(8(11)12)6-2-1-3-13-4-6/h5-7H,1-4H2,(H,9,10)(H,11,12). The van der Waals surface area contributed by atoms with E-state index in [0.717, 1.165) is 12.8 Å². The number of carboxylic acids is 1. The normalized spacial score (nSPS) is 24.8. The number of carboxylic acid groups (broad SMARTS) is 1. The molecule has 1 amide bonds. The van der Waals surface area contributed by atoms with Gasteiger partial charge in [-0.2, -0.15) is 0 Å². The van der Waals surface area contributed by atoms with Crippen molar-refractivity contribution in [2.45, 2.75) is 18.9 Å². The molecule has 0 radical (unpaired) electrons. The Morgan fingerprint density at radius 3 is 2.92 bits per heavy atom. The van der Waals surface area contributed by atoms with Gasteiger partial charge in [0.15, 0.2) is 0 Å². The number of amides is 1. The van der Waals surface area contributed by atoms with Gasteiger partial charge in [-0.1, -0.05) is 0 Å². The van der Waals surface area contributed by atoms with Crippen molar-refractivity contribution in [2.24, 2.45) is 5.92 Å². The van der Waals surface area contributed by atoms with E-state index in [-0.39, 0.29) is 5.92 Å². The first-order chi connectivity index (χ1) is 6.25. The van der Waals surface area contributed by atoms with Crippen molar-refractivity contribution >= 4 is 12.4 Å². The number of rotatable bonds is 4. The molecular formula is C8H13NO4. The topological polar surface area (TPSA) is 75.6 Å². The van der Waals surface area contributed by atoms with Gasteiger partial charge in [0, 0.05) is 12.5 Å². The molecule has 5 heteroatoms. The molecule has 2 unspecified atom stereocenters. The molecule has 1 saturated heterocycles. The van der Waals surface area contributed by atoms with Crippen molar-refractivity contribution in [1.82, 2.24) is 5.32 Å². The minimum atomic E-state index is -0.998. The first kappa shape index (κ1) is 9.98. The molecule has 0 aliphatic carbocycles. The molecule has 13 heavy (non-hydrogen) atoms. The van der Waals surface area contributed by atoms with E-state index in [1.54, 1.807) is 0 Å². The number of hydrogen-bond acceptors (Lipinski definition) is 3. The highest BCUT2D eigenvalue weighted by molar-refractivity contribution is 5.76. The van der Waals surface area contributed by atoms with Crippen LogP contribution in [0.1, 0.15) is 12.8 Å². The lowest BCUT2D eigenvalue weighted by Gasteiger charge is -2.26. The van der Waals surface area contributed by atoms with E-state index >= 15 is 0 Å². The van der Waals surface area contributed by atoms with Gasteiger partial charge in [-0.15, -0.1) is 0 Å². The monoisotopic (exact) mass is 187 g/mol. The van der Waals surface area contributed by atoms with Gasteiger partial charge < -0.3 is 15.2 Å². The molecule has 1 aliphatic heterocycles. The molecule has 2 N–H and O–H groups in total. The molecule has 0 aromatic carbocycles. The third-order valence-electron chi connectivity index (χ3n) is 2.18. The molecule has 0 saturated carbocycles. The Balaban J connectivity index is 2.51. The van der Waals surface area contributed by atoms with Crippen molar-refractivity contribution in [3.8, 4) is 0 Å². The lowest BCUT2D eigenvalue weighted by Crippen LogP contribution is -2.45. The number of hydrogen-bond donors (Lipinski definition) is 2. The molecule has 1 heterocycles. The third-order valence-corrected chi connectivity index (χ3v) is 2.18. The summed E-state index contributed by atoms with van der Waals surface area (Å²) in [7, 11) is 0. The minimum Gasteiger partial charge on any atom is -0.480 e. The molecule has 74 valence electrons. The lowest BCUT2D eigenvalue weighted by molar-refractivity contribution is -0.143. The molecule has 0 aromatic heterocycles. The molecule has 0 bridgehead atoms. The summed E-state index contributed by atoms with van der Waals surface area (Å²) in [6, 6.07) is -0.808. The van der Waals surface area contributed by atoms with E-state index in [1.165, 1.54) is 0 Å². The van der Waals surface area contributed by atoms with Gasteiger partial charge in [0.25, 0.3) is 0 Å². The average molecular weight is 187 g/mol. The van der Waals surface area contributed by atoms with Crippen LogP contribution in [0.3, 0.4) is 0 Å². The lowest BCUT2D eigenvalue weighted by atomic mass is 9.94. The fourth-order valence-electron chi connectivity index (χ4n) is 1.51. The van der Waals surface area contributed by atoms with Crippen LogP contribution in [0.25, 0.3) is 0 Å². The molecule has 1 fully saturated rings. The predicted molar refractivity (Wildman–Crippen MR) is 44.2 cm³/mol. The summed E-state index contributed by atoms with van der Waals surface area (Å²) in [5.41, 5.74) is 0. The van der Waals surface area contributed by atoms with Crippen LogP contribution in [-0.2, 0) is 14.3 Å². The molecule has 0 aromatic rings. The summed E-state index contributed by atoms with van der Waals surface area (Å²) in [5.74, 6) is -1.10. The van der Waals surface area contributed by atoms with E-state index in [4.69, 9.17) is 9.84 Å². The predicted octanol–water partition coefficient (Wildman–Crippen LogP) is -0.388. The van der Waals surface area contributed by atoms with E-state index in [0.29, 0.717) is 19.6 Å². The van der Waals surface area contributed by atoms with Crippen molar-refractivity contribution in [2.75, 3.05) is 13.2 Å².